The Kier molecular flexibility index (Phi) is 8.04. The van der Waals surface area contributed by atoms with Crippen LogP contribution in [0.4, 0.5) is 0 Å². The molecule has 6 nitrogen and oxygen atoms in total. The highest BCUT2D eigenvalue weighted by Gasteiger charge is 2.19. The second-order valence-corrected chi connectivity index (χ2v) is 7.83. The average Bonchev–Trinajstić information content (AvgIpc) is 3.15. The highest BCUT2D eigenvalue weighted by atomic mass is 35.5. The number of aromatic nitrogens is 3. The van der Waals surface area contributed by atoms with Crippen molar-refractivity contribution in [2.45, 2.75) is 24.7 Å². The van der Waals surface area contributed by atoms with Crippen LogP contribution in [0.3, 0.4) is 0 Å². The van der Waals surface area contributed by atoms with Crippen LogP contribution < -0.4 is 14.2 Å². The van der Waals surface area contributed by atoms with Gasteiger partial charge in [-0.3, -0.25) is 4.57 Å². The molecule has 0 saturated carbocycles. The second-order valence-electron chi connectivity index (χ2n) is 6.33. The monoisotopic (exact) mass is 445 g/mol. The Bertz CT molecular complexity index is 963. The first-order chi connectivity index (χ1) is 14.6. The van der Waals surface area contributed by atoms with Crippen molar-refractivity contribution < 1.29 is 14.2 Å². The second kappa shape index (κ2) is 10.9. The number of rotatable bonds is 11. The summed E-state index contributed by atoms with van der Waals surface area (Å²) >= 11 is 7.47. The summed E-state index contributed by atoms with van der Waals surface area (Å²) in [5, 5.41) is 10.2. The van der Waals surface area contributed by atoms with Gasteiger partial charge >= 0.3 is 0 Å². The van der Waals surface area contributed by atoms with E-state index in [0.717, 1.165) is 28.2 Å². The normalized spacial score (nSPS) is 11.7. The van der Waals surface area contributed by atoms with Crippen molar-refractivity contribution in [2.24, 2.45) is 0 Å². The van der Waals surface area contributed by atoms with Crippen LogP contribution >= 0.6 is 23.4 Å². The molecular weight excluding hydrogens is 422 g/mol. The van der Waals surface area contributed by atoms with Gasteiger partial charge < -0.3 is 14.2 Å². The lowest BCUT2D eigenvalue weighted by molar-refractivity contribution is 0.209. The number of allylic oxidation sites excluding steroid dienone is 1. The largest absolute Gasteiger partial charge is 0.497 e. The molecule has 0 aliphatic rings. The number of hydrogen-bond donors (Lipinski definition) is 0. The molecule has 0 radical (unpaired) electrons. The van der Waals surface area contributed by atoms with E-state index in [2.05, 4.69) is 16.8 Å². The van der Waals surface area contributed by atoms with Crippen molar-refractivity contribution in [3.8, 4) is 17.2 Å². The molecule has 1 heterocycles. The minimum atomic E-state index is -0.288. The van der Waals surface area contributed by atoms with Crippen LogP contribution in [-0.4, -0.2) is 34.2 Å². The van der Waals surface area contributed by atoms with Crippen LogP contribution in [-0.2, 0) is 6.54 Å². The van der Waals surface area contributed by atoms with E-state index >= 15 is 0 Å². The lowest BCUT2D eigenvalue weighted by atomic mass is 10.3. The number of thioether (sulfide) groups is 1. The molecule has 8 heteroatoms. The summed E-state index contributed by atoms with van der Waals surface area (Å²) < 4.78 is 19.1. The van der Waals surface area contributed by atoms with Gasteiger partial charge in [0.15, 0.2) is 17.1 Å². The van der Waals surface area contributed by atoms with Gasteiger partial charge in [-0.25, -0.2) is 0 Å². The number of ether oxygens (including phenoxy) is 3. The van der Waals surface area contributed by atoms with E-state index in [1.54, 1.807) is 31.0 Å². The van der Waals surface area contributed by atoms with Crippen LogP contribution in [0, 0.1) is 0 Å². The molecule has 1 unspecified atom stereocenters. The molecule has 3 rings (SSSR count). The summed E-state index contributed by atoms with van der Waals surface area (Å²) in [7, 11) is 1.63. The molecule has 0 aliphatic carbocycles. The zero-order chi connectivity index (χ0) is 21.3. The van der Waals surface area contributed by atoms with Gasteiger partial charge in [0.25, 0.3) is 0 Å². The van der Waals surface area contributed by atoms with Gasteiger partial charge in [-0.05, 0) is 43.3 Å². The van der Waals surface area contributed by atoms with Crippen molar-refractivity contribution in [1.82, 2.24) is 14.8 Å². The summed E-state index contributed by atoms with van der Waals surface area (Å²) in [5.41, 5.74) is 0. The van der Waals surface area contributed by atoms with Crippen LogP contribution in [0.15, 0.2) is 66.3 Å². The summed E-state index contributed by atoms with van der Waals surface area (Å²) in [6, 6.07) is 14.8. The van der Waals surface area contributed by atoms with Crippen molar-refractivity contribution in [3.05, 3.63) is 72.0 Å². The highest BCUT2D eigenvalue weighted by Crippen LogP contribution is 2.27. The maximum Gasteiger partial charge on any atom is 0.191 e. The molecule has 30 heavy (non-hydrogen) atoms. The van der Waals surface area contributed by atoms with Gasteiger partial charge in [0.2, 0.25) is 0 Å². The number of nitrogens with zero attached hydrogens (tertiary/aromatic N) is 3. The molecule has 1 atom stereocenters. The van der Waals surface area contributed by atoms with Gasteiger partial charge in [-0.1, -0.05) is 35.5 Å². The van der Waals surface area contributed by atoms with Gasteiger partial charge in [-0.15, -0.1) is 16.8 Å². The van der Waals surface area contributed by atoms with Gasteiger partial charge in [-0.2, -0.15) is 0 Å². The molecule has 0 saturated heterocycles. The van der Waals surface area contributed by atoms with E-state index in [1.165, 1.54) is 0 Å². The van der Waals surface area contributed by atoms with E-state index < -0.39 is 0 Å². The van der Waals surface area contributed by atoms with Crippen LogP contribution in [0.5, 0.6) is 17.2 Å². The third kappa shape index (κ3) is 5.93. The van der Waals surface area contributed by atoms with E-state index in [-0.39, 0.29) is 6.10 Å². The first-order valence-corrected chi connectivity index (χ1v) is 10.8. The van der Waals surface area contributed by atoms with Crippen LogP contribution in [0.2, 0.25) is 5.02 Å². The number of halogens is 1. The fraction of sp³-hybridized carbons (Fsp3) is 0.273. The van der Waals surface area contributed by atoms with Gasteiger partial charge in [0.1, 0.15) is 17.2 Å². The molecule has 0 amide bonds. The van der Waals surface area contributed by atoms with Crippen LogP contribution in [0.25, 0.3) is 0 Å². The summed E-state index contributed by atoms with van der Waals surface area (Å²) in [5.74, 6) is 3.69. The Balaban J connectivity index is 1.61. The zero-order valence-corrected chi connectivity index (χ0v) is 18.5. The average molecular weight is 446 g/mol. The maximum atomic E-state index is 6.05. The topological polar surface area (TPSA) is 58.4 Å². The first kappa shape index (κ1) is 22.1. The smallest absolute Gasteiger partial charge is 0.191 e. The predicted octanol–water partition coefficient (Wildman–Crippen LogP) is 5.44. The van der Waals surface area contributed by atoms with E-state index in [1.807, 2.05) is 54.0 Å². The van der Waals surface area contributed by atoms with Crippen molar-refractivity contribution >= 4 is 23.4 Å². The molecule has 2 aromatic carbocycles. The Labute approximate surface area is 185 Å². The number of benzene rings is 2. The molecule has 0 N–H and O–H groups in total. The minimum absolute atomic E-state index is 0.288. The molecule has 0 aliphatic heterocycles. The SMILES string of the molecule is C=CCn1c(SCCOc2ccc(Cl)cc2)nnc1C(C)Oc1cccc(OC)c1. The molecular formula is C22H24ClN3O3S. The predicted molar refractivity (Wildman–Crippen MR) is 120 cm³/mol. The summed E-state index contributed by atoms with van der Waals surface area (Å²) in [6.07, 6.45) is 1.53. The van der Waals surface area contributed by atoms with E-state index in [0.29, 0.717) is 23.9 Å². The maximum absolute atomic E-state index is 6.05. The first-order valence-electron chi connectivity index (χ1n) is 9.46. The molecule has 0 spiro atoms. The summed E-state index contributed by atoms with van der Waals surface area (Å²) in [4.78, 5) is 0. The third-order valence-electron chi connectivity index (χ3n) is 4.17. The Morgan fingerprint density at radius 2 is 1.90 bits per heavy atom. The standard InChI is InChI=1S/C22H24ClN3O3S/c1-4-12-26-21(16(2)29-20-7-5-6-19(15-20)27-3)24-25-22(26)30-14-13-28-18-10-8-17(23)9-11-18/h4-11,15-16H,1,12-14H2,2-3H3. The summed E-state index contributed by atoms with van der Waals surface area (Å²) in [6.45, 7) is 6.93. The Hall–Kier alpha value is -2.64. The fourth-order valence-electron chi connectivity index (χ4n) is 2.76. The van der Waals surface area contributed by atoms with E-state index in [4.69, 9.17) is 25.8 Å². The van der Waals surface area contributed by atoms with Crippen molar-refractivity contribution in [2.75, 3.05) is 19.5 Å². The number of hydrogen-bond acceptors (Lipinski definition) is 6. The van der Waals surface area contributed by atoms with Crippen LogP contribution in [0.1, 0.15) is 18.9 Å². The van der Waals surface area contributed by atoms with Gasteiger partial charge in [0, 0.05) is 23.4 Å². The molecule has 1 aromatic heterocycles. The Morgan fingerprint density at radius 3 is 2.63 bits per heavy atom. The van der Waals surface area contributed by atoms with Crippen molar-refractivity contribution in [1.29, 1.82) is 0 Å². The van der Waals surface area contributed by atoms with Gasteiger partial charge in [0.05, 0.1) is 13.7 Å². The minimum Gasteiger partial charge on any atom is -0.497 e. The zero-order valence-electron chi connectivity index (χ0n) is 17.0. The molecule has 0 bridgehead atoms. The number of methoxy groups -OCH3 is 1. The Morgan fingerprint density at radius 1 is 1.13 bits per heavy atom. The molecule has 3 aromatic rings. The van der Waals surface area contributed by atoms with E-state index in [9.17, 15) is 0 Å². The highest BCUT2D eigenvalue weighted by molar-refractivity contribution is 7.99. The molecule has 158 valence electrons. The lowest BCUT2D eigenvalue weighted by Gasteiger charge is -2.16. The third-order valence-corrected chi connectivity index (χ3v) is 5.35. The molecule has 0 fully saturated rings. The van der Waals surface area contributed by atoms with Crippen molar-refractivity contribution in [3.63, 3.8) is 0 Å². The fourth-order valence-corrected chi connectivity index (χ4v) is 3.66. The quantitative estimate of drug-likeness (QED) is 0.222. The lowest BCUT2D eigenvalue weighted by Crippen LogP contribution is -2.12.